The minimum atomic E-state index is -0.342. The minimum absolute atomic E-state index is 0.0431. The molecule has 0 heterocycles. The first-order chi connectivity index (χ1) is 12.5. The Bertz CT molecular complexity index is 864. The van der Waals surface area contributed by atoms with Gasteiger partial charge in [0.2, 0.25) is 11.8 Å². The summed E-state index contributed by atoms with van der Waals surface area (Å²) in [5.74, 6) is -0.561. The van der Waals surface area contributed by atoms with E-state index in [4.69, 9.17) is 5.26 Å². The zero-order valence-electron chi connectivity index (χ0n) is 14.7. The highest BCUT2D eigenvalue weighted by molar-refractivity contribution is 5.94. The third-order valence-electron chi connectivity index (χ3n) is 3.68. The molecule has 0 saturated carbocycles. The zero-order chi connectivity index (χ0) is 18.9. The number of hydrogen-bond donors (Lipinski definition) is 2. The van der Waals surface area contributed by atoms with Gasteiger partial charge in [-0.05, 0) is 43.2 Å². The molecule has 2 N–H and O–H groups in total. The average molecular weight is 348 g/mol. The van der Waals surface area contributed by atoms with Gasteiger partial charge in [-0.25, -0.2) is 5.43 Å². The fraction of sp³-hybridized carbons (Fsp3) is 0.200. The topological polar surface area (TPSA) is 94.3 Å². The quantitative estimate of drug-likeness (QED) is 0.620. The third-order valence-corrected chi connectivity index (χ3v) is 3.68. The Morgan fingerprint density at radius 1 is 1.08 bits per heavy atom. The molecule has 132 valence electrons. The van der Waals surface area contributed by atoms with Crippen LogP contribution in [0.4, 0.5) is 5.69 Å². The van der Waals surface area contributed by atoms with Gasteiger partial charge < -0.3 is 5.32 Å². The van der Waals surface area contributed by atoms with E-state index >= 15 is 0 Å². The fourth-order valence-electron chi connectivity index (χ4n) is 2.27. The standard InChI is InChI=1S/C20H20N4O2/c1-14-3-8-18(15(2)11-14)23-19(25)9-10-20(26)24-22-13-17-6-4-16(12-21)5-7-17/h3-8,11,13H,9-10H2,1-2H3,(H,23,25)(H,24,26). The van der Waals surface area contributed by atoms with E-state index in [1.54, 1.807) is 24.3 Å². The molecule has 0 fully saturated rings. The molecular weight excluding hydrogens is 328 g/mol. The molecule has 0 saturated heterocycles. The van der Waals surface area contributed by atoms with Crippen LogP contribution < -0.4 is 10.7 Å². The van der Waals surface area contributed by atoms with E-state index in [0.29, 0.717) is 5.56 Å². The molecule has 6 heteroatoms. The Kier molecular flexibility index (Phi) is 6.63. The normalized spacial score (nSPS) is 10.3. The highest BCUT2D eigenvalue weighted by atomic mass is 16.2. The molecule has 0 unspecified atom stereocenters. The van der Waals surface area contributed by atoms with Crippen molar-refractivity contribution in [3.05, 3.63) is 64.7 Å². The summed E-state index contributed by atoms with van der Waals surface area (Å²) in [5, 5.41) is 15.4. The van der Waals surface area contributed by atoms with E-state index in [-0.39, 0.29) is 24.7 Å². The Morgan fingerprint density at radius 2 is 1.77 bits per heavy atom. The summed E-state index contributed by atoms with van der Waals surface area (Å²) in [5.41, 5.74) is 6.56. The van der Waals surface area contributed by atoms with Crippen LogP contribution in [0.3, 0.4) is 0 Å². The van der Waals surface area contributed by atoms with Crippen molar-refractivity contribution in [2.24, 2.45) is 5.10 Å². The van der Waals surface area contributed by atoms with E-state index in [1.807, 2.05) is 38.1 Å². The SMILES string of the molecule is Cc1ccc(NC(=O)CCC(=O)NN=Cc2ccc(C#N)cc2)c(C)c1. The molecule has 6 nitrogen and oxygen atoms in total. The van der Waals surface area contributed by atoms with E-state index in [1.165, 1.54) is 6.21 Å². The average Bonchev–Trinajstić information content (AvgIpc) is 2.63. The first kappa shape index (κ1) is 18.9. The zero-order valence-corrected chi connectivity index (χ0v) is 14.7. The van der Waals surface area contributed by atoms with Crippen molar-refractivity contribution < 1.29 is 9.59 Å². The van der Waals surface area contributed by atoms with Crippen molar-refractivity contribution in [1.82, 2.24) is 5.43 Å². The number of amides is 2. The van der Waals surface area contributed by atoms with Crippen LogP contribution >= 0.6 is 0 Å². The molecule has 2 aromatic carbocycles. The maximum Gasteiger partial charge on any atom is 0.240 e. The van der Waals surface area contributed by atoms with Crippen LogP contribution in [-0.2, 0) is 9.59 Å². The predicted molar refractivity (Wildman–Crippen MR) is 101 cm³/mol. The molecule has 26 heavy (non-hydrogen) atoms. The number of hydrazone groups is 1. The highest BCUT2D eigenvalue weighted by Gasteiger charge is 2.08. The number of carbonyl (C=O) groups excluding carboxylic acids is 2. The molecule has 0 aliphatic heterocycles. The molecule has 0 bridgehead atoms. The van der Waals surface area contributed by atoms with Gasteiger partial charge in [0.05, 0.1) is 17.8 Å². The molecule has 0 radical (unpaired) electrons. The maximum absolute atomic E-state index is 12.0. The third kappa shape index (κ3) is 5.87. The molecule has 2 amide bonds. The van der Waals surface area contributed by atoms with Gasteiger partial charge in [0.15, 0.2) is 0 Å². The monoisotopic (exact) mass is 348 g/mol. The molecule has 0 spiro atoms. The van der Waals surface area contributed by atoms with Crippen molar-refractivity contribution in [3.63, 3.8) is 0 Å². The smallest absolute Gasteiger partial charge is 0.240 e. The van der Waals surface area contributed by atoms with Crippen molar-refractivity contribution in [1.29, 1.82) is 5.26 Å². The van der Waals surface area contributed by atoms with Gasteiger partial charge in [0.1, 0.15) is 0 Å². The summed E-state index contributed by atoms with van der Waals surface area (Å²) in [6.45, 7) is 3.91. The Labute approximate surface area is 152 Å². The van der Waals surface area contributed by atoms with Gasteiger partial charge in [0.25, 0.3) is 0 Å². The van der Waals surface area contributed by atoms with Crippen LogP contribution in [0.25, 0.3) is 0 Å². The number of benzene rings is 2. The molecule has 0 aliphatic rings. The first-order valence-corrected chi connectivity index (χ1v) is 8.17. The molecule has 0 atom stereocenters. The number of nitriles is 1. The molecule has 2 aromatic rings. The maximum atomic E-state index is 12.0. The number of carbonyl (C=O) groups is 2. The lowest BCUT2D eigenvalue weighted by molar-refractivity contribution is -0.124. The van der Waals surface area contributed by atoms with Gasteiger partial charge in [0, 0.05) is 18.5 Å². The molecule has 0 aromatic heterocycles. The van der Waals surface area contributed by atoms with Crippen LogP contribution in [0.5, 0.6) is 0 Å². The second-order valence-corrected chi connectivity index (χ2v) is 5.89. The number of hydrogen-bond acceptors (Lipinski definition) is 4. The van der Waals surface area contributed by atoms with Crippen molar-refractivity contribution in [2.45, 2.75) is 26.7 Å². The number of nitrogens with zero attached hydrogens (tertiary/aromatic N) is 2. The van der Waals surface area contributed by atoms with Crippen LogP contribution in [0.2, 0.25) is 0 Å². The summed E-state index contributed by atoms with van der Waals surface area (Å²) in [6, 6.07) is 14.6. The summed E-state index contributed by atoms with van der Waals surface area (Å²) < 4.78 is 0. The minimum Gasteiger partial charge on any atom is -0.326 e. The molecule has 0 aliphatic carbocycles. The van der Waals surface area contributed by atoms with Crippen molar-refractivity contribution in [3.8, 4) is 6.07 Å². The van der Waals surface area contributed by atoms with Gasteiger partial charge in [-0.3, -0.25) is 9.59 Å². The van der Waals surface area contributed by atoms with Crippen LogP contribution in [0.15, 0.2) is 47.6 Å². The number of aryl methyl sites for hydroxylation is 2. The van der Waals surface area contributed by atoms with E-state index in [9.17, 15) is 9.59 Å². The lowest BCUT2D eigenvalue weighted by Crippen LogP contribution is -2.20. The number of rotatable bonds is 6. The van der Waals surface area contributed by atoms with E-state index < -0.39 is 0 Å². The lowest BCUT2D eigenvalue weighted by Gasteiger charge is -2.08. The van der Waals surface area contributed by atoms with Crippen LogP contribution in [0, 0.1) is 25.2 Å². The number of anilines is 1. The van der Waals surface area contributed by atoms with Gasteiger partial charge in [-0.1, -0.05) is 29.8 Å². The Hall–Kier alpha value is -3.46. The summed E-state index contributed by atoms with van der Waals surface area (Å²) in [4.78, 5) is 23.7. The Balaban J connectivity index is 1.76. The second kappa shape index (κ2) is 9.14. The van der Waals surface area contributed by atoms with Gasteiger partial charge in [-0.2, -0.15) is 10.4 Å². The summed E-state index contributed by atoms with van der Waals surface area (Å²) in [7, 11) is 0. The largest absolute Gasteiger partial charge is 0.326 e. The van der Waals surface area contributed by atoms with Crippen LogP contribution in [0.1, 0.15) is 35.1 Å². The van der Waals surface area contributed by atoms with Crippen LogP contribution in [-0.4, -0.2) is 18.0 Å². The van der Waals surface area contributed by atoms with Gasteiger partial charge in [-0.15, -0.1) is 0 Å². The summed E-state index contributed by atoms with van der Waals surface area (Å²) in [6.07, 6.45) is 1.60. The van der Waals surface area contributed by atoms with E-state index in [2.05, 4.69) is 15.8 Å². The van der Waals surface area contributed by atoms with Crippen molar-refractivity contribution in [2.75, 3.05) is 5.32 Å². The fourth-order valence-corrected chi connectivity index (χ4v) is 2.27. The molecular formula is C20H20N4O2. The predicted octanol–water partition coefficient (Wildman–Crippen LogP) is 3.04. The first-order valence-electron chi connectivity index (χ1n) is 8.17. The highest BCUT2D eigenvalue weighted by Crippen LogP contribution is 2.16. The Morgan fingerprint density at radius 3 is 2.42 bits per heavy atom. The van der Waals surface area contributed by atoms with Crippen molar-refractivity contribution >= 4 is 23.7 Å². The van der Waals surface area contributed by atoms with Gasteiger partial charge >= 0.3 is 0 Å². The lowest BCUT2D eigenvalue weighted by atomic mass is 10.1. The second-order valence-electron chi connectivity index (χ2n) is 5.89. The summed E-state index contributed by atoms with van der Waals surface area (Å²) >= 11 is 0. The number of nitrogens with one attached hydrogen (secondary N) is 2. The van der Waals surface area contributed by atoms with E-state index in [0.717, 1.165) is 22.4 Å². The molecule has 2 rings (SSSR count).